The Kier molecular flexibility index (Phi) is 3.01. The van der Waals surface area contributed by atoms with Gasteiger partial charge in [-0.05, 0) is 11.1 Å². The molecule has 0 saturated heterocycles. The highest BCUT2D eigenvalue weighted by Gasteiger charge is 2.22. The summed E-state index contributed by atoms with van der Waals surface area (Å²) >= 11 is 0. The minimum Gasteiger partial charge on any atom is -0.304 e. The van der Waals surface area contributed by atoms with Crippen molar-refractivity contribution in [3.63, 3.8) is 0 Å². The molecule has 1 heteroatoms. The molecule has 0 atom stereocenters. The van der Waals surface area contributed by atoms with Crippen molar-refractivity contribution in [1.82, 2.24) is 0 Å². The van der Waals surface area contributed by atoms with E-state index in [4.69, 9.17) is 5.41 Å². The van der Waals surface area contributed by atoms with Gasteiger partial charge >= 0.3 is 0 Å². The third-order valence-corrected chi connectivity index (χ3v) is 3.09. The number of hydrogen-bond donors (Lipinski definition) is 1. The van der Waals surface area contributed by atoms with Gasteiger partial charge in [0.1, 0.15) is 0 Å². The molecule has 0 spiro atoms. The summed E-state index contributed by atoms with van der Waals surface area (Å²) in [5, 5.41) is 8.34. The van der Waals surface area contributed by atoms with Gasteiger partial charge in [-0.2, -0.15) is 0 Å². The summed E-state index contributed by atoms with van der Waals surface area (Å²) in [5.41, 5.74) is 2.91. The first-order chi connectivity index (χ1) is 8.00. The maximum Gasteiger partial charge on any atom is 0.0442 e. The lowest BCUT2D eigenvalue weighted by Gasteiger charge is -2.23. The molecular weight excluding hydrogens is 206 g/mol. The van der Waals surface area contributed by atoms with E-state index in [1.54, 1.807) is 0 Å². The Morgan fingerprint density at radius 1 is 1.06 bits per heavy atom. The van der Waals surface area contributed by atoms with Gasteiger partial charge in [-0.1, -0.05) is 69.3 Å². The first-order valence-corrected chi connectivity index (χ1v) is 6.03. The monoisotopic (exact) mass is 225 g/mol. The molecule has 0 saturated carbocycles. The Hall–Kier alpha value is -1.63. The summed E-state index contributed by atoms with van der Waals surface area (Å²) in [4.78, 5) is 0. The lowest BCUT2D eigenvalue weighted by atomic mass is 9.81. The van der Waals surface area contributed by atoms with Gasteiger partial charge in [-0.25, -0.2) is 0 Å². The van der Waals surface area contributed by atoms with Crippen LogP contribution in [0.4, 0.5) is 0 Å². The fourth-order valence-corrected chi connectivity index (χ4v) is 2.06. The van der Waals surface area contributed by atoms with Crippen LogP contribution in [-0.4, -0.2) is 5.71 Å². The molecule has 17 heavy (non-hydrogen) atoms. The largest absolute Gasteiger partial charge is 0.304 e. The molecule has 0 heterocycles. The SMILES string of the molecule is CC(C)(C)C(=N)c1ccccc1C1C=CC=C1. The van der Waals surface area contributed by atoms with Crippen LogP contribution in [0.3, 0.4) is 0 Å². The summed E-state index contributed by atoms with van der Waals surface area (Å²) in [5.74, 6) is 0.328. The Bertz CT molecular complexity index is 474. The summed E-state index contributed by atoms with van der Waals surface area (Å²) in [6.07, 6.45) is 8.49. The Morgan fingerprint density at radius 2 is 1.65 bits per heavy atom. The van der Waals surface area contributed by atoms with Gasteiger partial charge < -0.3 is 5.41 Å². The molecule has 1 N–H and O–H groups in total. The van der Waals surface area contributed by atoms with Crippen molar-refractivity contribution >= 4 is 5.71 Å². The van der Waals surface area contributed by atoms with Gasteiger partial charge in [0, 0.05) is 17.0 Å². The molecule has 1 nitrogen and oxygen atoms in total. The summed E-state index contributed by atoms with van der Waals surface area (Å²) in [6, 6.07) is 8.25. The molecule has 0 aromatic heterocycles. The molecule has 0 unspecified atom stereocenters. The minimum absolute atomic E-state index is 0.109. The van der Waals surface area contributed by atoms with Crippen LogP contribution in [0, 0.1) is 10.8 Å². The molecule has 88 valence electrons. The minimum atomic E-state index is -0.109. The molecule has 0 fully saturated rings. The van der Waals surface area contributed by atoms with E-state index in [1.807, 2.05) is 6.07 Å². The highest BCUT2D eigenvalue weighted by molar-refractivity contribution is 6.03. The fraction of sp³-hybridized carbons (Fsp3) is 0.312. The molecular formula is C16H19N. The van der Waals surface area contributed by atoms with Gasteiger partial charge in [-0.3, -0.25) is 0 Å². The summed E-state index contributed by atoms with van der Waals surface area (Å²) in [7, 11) is 0. The third kappa shape index (κ3) is 2.38. The van der Waals surface area contributed by atoms with Gasteiger partial charge in [0.25, 0.3) is 0 Å². The molecule has 1 aliphatic rings. The van der Waals surface area contributed by atoms with Crippen molar-refractivity contribution in [3.05, 3.63) is 59.7 Å². The Morgan fingerprint density at radius 3 is 2.24 bits per heavy atom. The quantitative estimate of drug-likeness (QED) is 0.725. The molecule has 0 bridgehead atoms. The molecule has 2 rings (SSSR count). The molecule has 1 aromatic carbocycles. The molecule has 0 aliphatic heterocycles. The third-order valence-electron chi connectivity index (χ3n) is 3.09. The molecule has 1 aliphatic carbocycles. The van der Waals surface area contributed by atoms with E-state index in [2.05, 4.69) is 63.3 Å². The molecule has 0 amide bonds. The lowest BCUT2D eigenvalue weighted by Crippen LogP contribution is -2.22. The number of benzene rings is 1. The summed E-state index contributed by atoms with van der Waals surface area (Å²) in [6.45, 7) is 6.27. The maximum atomic E-state index is 8.34. The highest BCUT2D eigenvalue weighted by atomic mass is 14.5. The number of allylic oxidation sites excluding steroid dienone is 4. The van der Waals surface area contributed by atoms with Gasteiger partial charge in [0.05, 0.1) is 0 Å². The van der Waals surface area contributed by atoms with Crippen LogP contribution in [0.2, 0.25) is 0 Å². The van der Waals surface area contributed by atoms with Crippen molar-refractivity contribution in [3.8, 4) is 0 Å². The zero-order valence-electron chi connectivity index (χ0n) is 10.7. The zero-order chi connectivity index (χ0) is 12.5. The van der Waals surface area contributed by atoms with E-state index in [9.17, 15) is 0 Å². The summed E-state index contributed by atoms with van der Waals surface area (Å²) < 4.78 is 0. The highest BCUT2D eigenvalue weighted by Crippen LogP contribution is 2.30. The van der Waals surface area contributed by atoms with E-state index in [0.717, 1.165) is 5.56 Å². The average Bonchev–Trinajstić information content (AvgIpc) is 2.80. The van der Waals surface area contributed by atoms with Crippen LogP contribution < -0.4 is 0 Å². The number of hydrogen-bond acceptors (Lipinski definition) is 1. The van der Waals surface area contributed by atoms with Crippen LogP contribution in [0.5, 0.6) is 0 Å². The van der Waals surface area contributed by atoms with Crippen LogP contribution >= 0.6 is 0 Å². The van der Waals surface area contributed by atoms with Crippen LogP contribution in [-0.2, 0) is 0 Å². The van der Waals surface area contributed by atoms with Crippen molar-refractivity contribution in [1.29, 1.82) is 5.41 Å². The topological polar surface area (TPSA) is 23.9 Å². The second kappa shape index (κ2) is 4.33. The first kappa shape index (κ1) is 11.8. The fourth-order valence-electron chi connectivity index (χ4n) is 2.06. The Labute approximate surface area is 103 Å². The zero-order valence-corrected chi connectivity index (χ0v) is 10.7. The maximum absolute atomic E-state index is 8.34. The lowest BCUT2D eigenvalue weighted by molar-refractivity contribution is 0.588. The van der Waals surface area contributed by atoms with E-state index >= 15 is 0 Å². The van der Waals surface area contributed by atoms with Gasteiger partial charge in [0.15, 0.2) is 0 Å². The van der Waals surface area contributed by atoms with E-state index in [1.165, 1.54) is 5.56 Å². The smallest absolute Gasteiger partial charge is 0.0442 e. The predicted molar refractivity (Wildman–Crippen MR) is 73.7 cm³/mol. The van der Waals surface area contributed by atoms with E-state index in [0.29, 0.717) is 11.6 Å². The average molecular weight is 225 g/mol. The van der Waals surface area contributed by atoms with Gasteiger partial charge in [-0.15, -0.1) is 0 Å². The molecule has 0 radical (unpaired) electrons. The Balaban J connectivity index is 2.44. The standard InChI is InChI=1S/C16H19N/c1-16(2,3)15(17)14-11-7-6-10-13(14)12-8-4-5-9-12/h4-12,17H,1-3H3. The first-order valence-electron chi connectivity index (χ1n) is 6.03. The van der Waals surface area contributed by atoms with Crippen LogP contribution in [0.15, 0.2) is 48.6 Å². The van der Waals surface area contributed by atoms with E-state index < -0.39 is 0 Å². The van der Waals surface area contributed by atoms with Crippen molar-refractivity contribution < 1.29 is 0 Å². The predicted octanol–water partition coefficient (Wildman–Crippen LogP) is 4.31. The second-order valence-corrected chi connectivity index (χ2v) is 5.51. The molecule has 1 aromatic rings. The number of rotatable bonds is 2. The second-order valence-electron chi connectivity index (χ2n) is 5.51. The van der Waals surface area contributed by atoms with Crippen molar-refractivity contribution in [2.24, 2.45) is 5.41 Å². The van der Waals surface area contributed by atoms with Crippen molar-refractivity contribution in [2.45, 2.75) is 26.7 Å². The normalized spacial score (nSPS) is 15.5. The van der Waals surface area contributed by atoms with Crippen LogP contribution in [0.1, 0.15) is 37.8 Å². The van der Waals surface area contributed by atoms with Gasteiger partial charge in [0.2, 0.25) is 0 Å². The number of nitrogens with one attached hydrogen (secondary N) is 1. The van der Waals surface area contributed by atoms with Crippen LogP contribution in [0.25, 0.3) is 0 Å². The van der Waals surface area contributed by atoms with E-state index in [-0.39, 0.29) is 5.41 Å². The van der Waals surface area contributed by atoms with Crippen molar-refractivity contribution in [2.75, 3.05) is 0 Å².